The number of thiazole rings is 1. The number of carbonyl (C=O) groups excluding carboxylic acids is 2. The van der Waals surface area contributed by atoms with Crippen LogP contribution >= 0.6 is 22.7 Å². The number of hydrogen-bond acceptors (Lipinski definition) is 9. The Hall–Kier alpha value is -3.89. The number of Topliss-reactive ketones (excluding diaryl/α,β-unsaturated/α-hetero) is 1. The van der Waals surface area contributed by atoms with Crippen molar-refractivity contribution >= 4 is 55.5 Å². The number of ketones is 1. The molecule has 0 saturated carbocycles. The van der Waals surface area contributed by atoms with Gasteiger partial charge in [0.1, 0.15) is 29.0 Å². The van der Waals surface area contributed by atoms with E-state index < -0.39 is 17.7 Å². The van der Waals surface area contributed by atoms with Crippen molar-refractivity contribution in [2.24, 2.45) is 0 Å². The Kier molecular flexibility index (Phi) is 6.38. The van der Waals surface area contributed by atoms with E-state index in [9.17, 15) is 14.7 Å². The summed E-state index contributed by atoms with van der Waals surface area (Å²) in [5, 5.41) is 13.6. The molecule has 1 atom stereocenters. The third-order valence-electron chi connectivity index (χ3n) is 5.79. The minimum absolute atomic E-state index is 0.0276. The van der Waals surface area contributed by atoms with Crippen molar-refractivity contribution in [1.82, 2.24) is 4.98 Å². The van der Waals surface area contributed by atoms with Gasteiger partial charge in [0.15, 0.2) is 5.13 Å². The average molecular weight is 523 g/mol. The lowest BCUT2D eigenvalue weighted by Gasteiger charge is -2.21. The Balaban J connectivity index is 1.68. The quantitative estimate of drug-likeness (QED) is 0.197. The minimum Gasteiger partial charge on any atom is -0.507 e. The summed E-state index contributed by atoms with van der Waals surface area (Å²) in [6.07, 6.45) is 0. The number of rotatable bonds is 7. The average Bonchev–Trinajstić information content (AvgIpc) is 3.62. The molecule has 1 saturated heterocycles. The Labute approximate surface area is 215 Å². The molecule has 8 nitrogen and oxygen atoms in total. The number of hydrogen-bond donors (Lipinski definition) is 1. The summed E-state index contributed by atoms with van der Waals surface area (Å²) in [5.74, 6) is -0.340. The van der Waals surface area contributed by atoms with E-state index in [1.165, 1.54) is 41.8 Å². The summed E-state index contributed by atoms with van der Waals surface area (Å²) in [7, 11) is 2.98. The molecule has 5 rings (SSSR count). The second kappa shape index (κ2) is 9.63. The fourth-order valence-corrected chi connectivity index (χ4v) is 5.98. The monoisotopic (exact) mass is 522 g/mol. The third-order valence-corrected chi connectivity index (χ3v) is 7.73. The topological polar surface area (TPSA) is 98.2 Å². The van der Waals surface area contributed by atoms with Crippen molar-refractivity contribution in [3.63, 3.8) is 0 Å². The molecule has 1 fully saturated rings. The fourth-order valence-electron chi connectivity index (χ4n) is 4.14. The van der Waals surface area contributed by atoms with E-state index >= 15 is 0 Å². The highest BCUT2D eigenvalue weighted by Crippen LogP contribution is 2.46. The van der Waals surface area contributed by atoms with Crippen molar-refractivity contribution in [3.8, 4) is 17.2 Å². The maximum Gasteiger partial charge on any atom is 0.301 e. The maximum absolute atomic E-state index is 13.4. The van der Waals surface area contributed by atoms with Crippen LogP contribution in [0, 0.1) is 0 Å². The van der Waals surface area contributed by atoms with Crippen LogP contribution in [0.2, 0.25) is 0 Å². The van der Waals surface area contributed by atoms with Crippen LogP contribution in [0.4, 0.5) is 5.13 Å². The summed E-state index contributed by atoms with van der Waals surface area (Å²) in [4.78, 5) is 33.5. The summed E-state index contributed by atoms with van der Waals surface area (Å²) in [6, 6.07) is 13.2. The number of nitrogens with zero attached hydrogens (tertiary/aromatic N) is 2. The molecule has 1 N–H and O–H groups in total. The standard InChI is InChI=1S/C26H22N2O6S2/c1-4-34-15-8-10-17-20(13-15)36-26(27-17)28-22(19-6-5-11-35-19)21(24(30)25(28)31)23(29)16-9-7-14(32-2)12-18(16)33-3/h5-13,22,29H,4H2,1-3H3/b23-21+. The zero-order valence-corrected chi connectivity index (χ0v) is 21.3. The molecule has 36 heavy (non-hydrogen) atoms. The van der Waals surface area contributed by atoms with Crippen LogP contribution < -0.4 is 19.1 Å². The lowest BCUT2D eigenvalue weighted by Crippen LogP contribution is -2.28. The lowest BCUT2D eigenvalue weighted by molar-refractivity contribution is -0.132. The van der Waals surface area contributed by atoms with Crippen molar-refractivity contribution in [2.45, 2.75) is 13.0 Å². The Morgan fingerprint density at radius 3 is 2.58 bits per heavy atom. The molecule has 10 heteroatoms. The van der Waals surface area contributed by atoms with Gasteiger partial charge >= 0.3 is 5.91 Å². The number of aliphatic hydroxyl groups is 1. The molecule has 3 heterocycles. The first kappa shape index (κ1) is 23.8. The number of methoxy groups -OCH3 is 2. The van der Waals surface area contributed by atoms with Gasteiger partial charge in [0.2, 0.25) is 0 Å². The van der Waals surface area contributed by atoms with Crippen LogP contribution in [0.15, 0.2) is 59.5 Å². The Morgan fingerprint density at radius 1 is 1.08 bits per heavy atom. The largest absolute Gasteiger partial charge is 0.507 e. The van der Waals surface area contributed by atoms with Gasteiger partial charge in [0.25, 0.3) is 5.78 Å². The predicted molar refractivity (Wildman–Crippen MR) is 139 cm³/mol. The predicted octanol–water partition coefficient (Wildman–Crippen LogP) is 5.40. The molecule has 1 amide bonds. The van der Waals surface area contributed by atoms with Crippen molar-refractivity contribution in [2.75, 3.05) is 25.7 Å². The van der Waals surface area contributed by atoms with E-state index in [0.29, 0.717) is 34.5 Å². The number of benzene rings is 2. The fraction of sp³-hybridized carbons (Fsp3) is 0.192. The first-order chi connectivity index (χ1) is 17.5. The summed E-state index contributed by atoms with van der Waals surface area (Å²) in [5.41, 5.74) is 0.936. The third kappa shape index (κ3) is 3.98. The molecule has 0 spiro atoms. The van der Waals surface area contributed by atoms with Gasteiger partial charge in [-0.05, 0) is 48.7 Å². The SMILES string of the molecule is CCOc1ccc2nc(N3C(=O)C(=O)/C(=C(/O)c4ccc(OC)cc4OC)C3c3cccs3)sc2c1. The highest BCUT2D eigenvalue weighted by atomic mass is 32.1. The molecular formula is C26H22N2O6S2. The van der Waals surface area contributed by atoms with Gasteiger partial charge in [-0.2, -0.15) is 0 Å². The Bertz CT molecular complexity index is 1490. The normalized spacial score (nSPS) is 17.1. The summed E-state index contributed by atoms with van der Waals surface area (Å²) >= 11 is 2.67. The van der Waals surface area contributed by atoms with Gasteiger partial charge in [0, 0.05) is 10.9 Å². The number of aromatic nitrogens is 1. The number of thiophene rings is 1. The maximum atomic E-state index is 13.4. The van der Waals surface area contributed by atoms with Crippen LogP contribution in [-0.2, 0) is 9.59 Å². The molecule has 184 valence electrons. The molecule has 0 bridgehead atoms. The van der Waals surface area contributed by atoms with E-state index in [1.807, 2.05) is 42.6 Å². The smallest absolute Gasteiger partial charge is 0.301 e. The summed E-state index contributed by atoms with van der Waals surface area (Å²) in [6.45, 7) is 2.43. The van der Waals surface area contributed by atoms with Crippen LogP contribution in [0.25, 0.3) is 16.0 Å². The first-order valence-corrected chi connectivity index (χ1v) is 12.8. The molecule has 0 radical (unpaired) electrons. The zero-order chi connectivity index (χ0) is 25.4. The highest BCUT2D eigenvalue weighted by molar-refractivity contribution is 7.22. The van der Waals surface area contributed by atoms with Gasteiger partial charge in [-0.1, -0.05) is 17.4 Å². The molecular weight excluding hydrogens is 500 g/mol. The number of amides is 1. The second-order valence-corrected chi connectivity index (χ2v) is 9.80. The van der Waals surface area contributed by atoms with Gasteiger partial charge in [-0.15, -0.1) is 11.3 Å². The second-order valence-electron chi connectivity index (χ2n) is 7.81. The van der Waals surface area contributed by atoms with Gasteiger partial charge in [0.05, 0.1) is 42.2 Å². The molecule has 1 aliphatic rings. The number of carbonyl (C=O) groups is 2. The zero-order valence-electron chi connectivity index (χ0n) is 19.7. The Morgan fingerprint density at radius 2 is 1.89 bits per heavy atom. The molecule has 0 aliphatic carbocycles. The van der Waals surface area contributed by atoms with E-state index in [2.05, 4.69) is 4.98 Å². The number of anilines is 1. The van der Waals surface area contributed by atoms with E-state index in [-0.39, 0.29) is 16.9 Å². The lowest BCUT2D eigenvalue weighted by atomic mass is 9.99. The minimum atomic E-state index is -0.844. The van der Waals surface area contributed by atoms with E-state index in [1.54, 1.807) is 18.2 Å². The number of ether oxygens (including phenoxy) is 3. The molecule has 4 aromatic rings. The molecule has 1 aliphatic heterocycles. The van der Waals surface area contributed by atoms with Gasteiger partial charge < -0.3 is 19.3 Å². The molecule has 2 aromatic heterocycles. The summed E-state index contributed by atoms with van der Waals surface area (Å²) < 4.78 is 17.1. The van der Waals surface area contributed by atoms with Crippen molar-refractivity contribution in [1.29, 1.82) is 0 Å². The van der Waals surface area contributed by atoms with Crippen molar-refractivity contribution < 1.29 is 28.9 Å². The van der Waals surface area contributed by atoms with Crippen LogP contribution in [0.3, 0.4) is 0 Å². The van der Waals surface area contributed by atoms with Gasteiger partial charge in [-0.25, -0.2) is 4.98 Å². The van der Waals surface area contributed by atoms with Crippen molar-refractivity contribution in [3.05, 3.63) is 69.9 Å². The van der Waals surface area contributed by atoms with Gasteiger partial charge in [-0.3, -0.25) is 14.5 Å². The van der Waals surface area contributed by atoms with Crippen LogP contribution in [0.1, 0.15) is 23.4 Å². The van der Waals surface area contributed by atoms with E-state index in [4.69, 9.17) is 14.2 Å². The van der Waals surface area contributed by atoms with Crippen LogP contribution in [-0.4, -0.2) is 42.6 Å². The number of fused-ring (bicyclic) bond motifs is 1. The number of aliphatic hydroxyl groups excluding tert-OH is 1. The first-order valence-electron chi connectivity index (χ1n) is 11.1. The van der Waals surface area contributed by atoms with E-state index in [0.717, 1.165) is 9.58 Å². The van der Waals surface area contributed by atoms with Crippen LogP contribution in [0.5, 0.6) is 17.2 Å². The molecule has 2 aromatic carbocycles. The highest BCUT2D eigenvalue weighted by Gasteiger charge is 2.48. The molecule has 1 unspecified atom stereocenters.